The van der Waals surface area contributed by atoms with E-state index in [2.05, 4.69) is 16.0 Å². The average molecular weight is 532 g/mol. The number of carbonyl (C=O) groups is 1. The van der Waals surface area contributed by atoms with Crippen LogP contribution in [-0.2, 0) is 4.74 Å². The van der Waals surface area contributed by atoms with Crippen molar-refractivity contribution in [3.63, 3.8) is 0 Å². The fourth-order valence-electron chi connectivity index (χ4n) is 3.29. The van der Waals surface area contributed by atoms with Gasteiger partial charge >= 0.3 is 6.09 Å². The first kappa shape index (κ1) is 26.5. The summed E-state index contributed by atoms with van der Waals surface area (Å²) in [5, 5.41) is 19.4. The normalized spacial score (nSPS) is 20.5. The van der Waals surface area contributed by atoms with E-state index in [1.165, 1.54) is 0 Å². The summed E-state index contributed by atoms with van der Waals surface area (Å²) in [5.41, 5.74) is 0.412. The van der Waals surface area contributed by atoms with Gasteiger partial charge in [-0.05, 0) is 58.9 Å². The van der Waals surface area contributed by atoms with Crippen LogP contribution in [0.2, 0.25) is 0 Å². The number of nitrogens with zero attached hydrogens (tertiary/aromatic N) is 1. The maximum atomic E-state index is 12.3. The van der Waals surface area contributed by atoms with Gasteiger partial charge in [0, 0.05) is 12.6 Å². The Kier molecular flexibility index (Phi) is 11.5. The van der Waals surface area contributed by atoms with Gasteiger partial charge < -0.3 is 25.8 Å². The lowest BCUT2D eigenvalue weighted by molar-refractivity contribution is 0.0505. The van der Waals surface area contributed by atoms with Gasteiger partial charge in [-0.2, -0.15) is 0 Å². The van der Waals surface area contributed by atoms with Crippen molar-refractivity contribution in [1.82, 2.24) is 16.0 Å². The van der Waals surface area contributed by atoms with Crippen molar-refractivity contribution in [3.05, 3.63) is 35.9 Å². The van der Waals surface area contributed by atoms with Gasteiger partial charge in [-0.3, -0.25) is 4.99 Å². The highest BCUT2D eigenvalue weighted by Gasteiger charge is 2.22. The number of benzene rings is 1. The molecule has 0 bridgehead atoms. The molecule has 0 aliphatic heterocycles. The molecule has 7 nitrogen and oxygen atoms in total. The molecule has 0 heterocycles. The highest BCUT2D eigenvalue weighted by atomic mass is 127. The van der Waals surface area contributed by atoms with Gasteiger partial charge in [0.05, 0.1) is 18.7 Å². The Morgan fingerprint density at radius 3 is 2.40 bits per heavy atom. The maximum Gasteiger partial charge on any atom is 0.408 e. The van der Waals surface area contributed by atoms with Crippen LogP contribution in [0.25, 0.3) is 0 Å². The van der Waals surface area contributed by atoms with E-state index in [1.807, 2.05) is 58.0 Å². The van der Waals surface area contributed by atoms with Crippen LogP contribution in [0.1, 0.15) is 65.0 Å². The molecule has 4 N–H and O–H groups in total. The average Bonchev–Trinajstić information content (AvgIpc) is 2.66. The van der Waals surface area contributed by atoms with Crippen molar-refractivity contribution in [3.8, 4) is 0 Å². The number of guanidine groups is 1. The summed E-state index contributed by atoms with van der Waals surface area (Å²) >= 11 is 0. The molecule has 170 valence electrons. The molecule has 2 rings (SSSR count). The molecule has 1 unspecified atom stereocenters. The van der Waals surface area contributed by atoms with Crippen LogP contribution in [0.15, 0.2) is 35.3 Å². The molecule has 1 amide bonds. The highest BCUT2D eigenvalue weighted by molar-refractivity contribution is 14.0. The number of alkyl carbamates (subject to hydrolysis) is 1. The van der Waals surface area contributed by atoms with Crippen LogP contribution in [0, 0.1) is 0 Å². The van der Waals surface area contributed by atoms with Crippen LogP contribution in [0.5, 0.6) is 0 Å². The second-order valence-corrected chi connectivity index (χ2v) is 8.48. The number of halogens is 1. The van der Waals surface area contributed by atoms with E-state index in [9.17, 15) is 9.90 Å². The summed E-state index contributed by atoms with van der Waals surface area (Å²) in [6.07, 6.45) is 2.82. The second-order valence-electron chi connectivity index (χ2n) is 8.48. The summed E-state index contributed by atoms with van der Waals surface area (Å²) in [6, 6.07) is 9.78. The van der Waals surface area contributed by atoms with E-state index in [-0.39, 0.29) is 36.1 Å². The SMILES string of the molecule is CCNC(=NCC(NC(=O)OC(C)(C)C)c1ccccc1)NC1CCC(O)CC1.I. The molecular formula is C22H37IN4O3. The van der Waals surface area contributed by atoms with Gasteiger partial charge in [0.15, 0.2) is 5.96 Å². The van der Waals surface area contributed by atoms with Gasteiger partial charge in [0.25, 0.3) is 0 Å². The van der Waals surface area contributed by atoms with Crippen LogP contribution < -0.4 is 16.0 Å². The molecular weight excluding hydrogens is 495 g/mol. The Hall–Kier alpha value is -1.55. The van der Waals surface area contributed by atoms with Crippen molar-refractivity contribution in [1.29, 1.82) is 0 Å². The van der Waals surface area contributed by atoms with Gasteiger partial charge in [-0.25, -0.2) is 4.79 Å². The van der Waals surface area contributed by atoms with Gasteiger partial charge in [0.2, 0.25) is 0 Å². The fraction of sp³-hybridized carbons (Fsp3) is 0.636. The first-order valence-corrected chi connectivity index (χ1v) is 10.5. The van der Waals surface area contributed by atoms with Gasteiger partial charge in [-0.1, -0.05) is 30.3 Å². The Bertz CT molecular complexity index is 656. The molecule has 0 aromatic heterocycles. The number of hydrogen-bond donors (Lipinski definition) is 4. The van der Waals surface area contributed by atoms with Crippen molar-refractivity contribution in [2.45, 2.75) is 77.2 Å². The summed E-state index contributed by atoms with van der Waals surface area (Å²) in [7, 11) is 0. The molecule has 1 aliphatic carbocycles. The highest BCUT2D eigenvalue weighted by Crippen LogP contribution is 2.18. The molecule has 1 aromatic carbocycles. The number of rotatable bonds is 6. The topological polar surface area (TPSA) is 95.0 Å². The van der Waals surface area contributed by atoms with E-state index >= 15 is 0 Å². The molecule has 8 heteroatoms. The molecule has 1 atom stereocenters. The number of aliphatic hydroxyl groups is 1. The van der Waals surface area contributed by atoms with E-state index in [0.717, 1.165) is 43.8 Å². The summed E-state index contributed by atoms with van der Waals surface area (Å²) in [5.74, 6) is 0.723. The number of hydrogen-bond acceptors (Lipinski definition) is 4. The van der Waals surface area contributed by atoms with Crippen molar-refractivity contribution in [2.75, 3.05) is 13.1 Å². The number of carbonyl (C=O) groups excluding carboxylic acids is 1. The minimum Gasteiger partial charge on any atom is -0.444 e. The minimum absolute atomic E-state index is 0. The number of amides is 1. The van der Waals surface area contributed by atoms with Crippen molar-refractivity contribution >= 4 is 36.0 Å². The first-order valence-electron chi connectivity index (χ1n) is 10.5. The van der Waals surface area contributed by atoms with E-state index in [0.29, 0.717) is 12.6 Å². The molecule has 1 fully saturated rings. The monoisotopic (exact) mass is 532 g/mol. The van der Waals surface area contributed by atoms with Crippen LogP contribution >= 0.6 is 24.0 Å². The van der Waals surface area contributed by atoms with Crippen molar-refractivity contribution in [2.24, 2.45) is 4.99 Å². The Morgan fingerprint density at radius 1 is 1.20 bits per heavy atom. The first-order chi connectivity index (χ1) is 13.8. The zero-order valence-corrected chi connectivity index (χ0v) is 20.8. The Morgan fingerprint density at radius 2 is 1.83 bits per heavy atom. The van der Waals surface area contributed by atoms with Crippen LogP contribution in [0.3, 0.4) is 0 Å². The Labute approximate surface area is 197 Å². The quantitative estimate of drug-likeness (QED) is 0.255. The molecule has 0 saturated heterocycles. The van der Waals surface area contributed by atoms with Crippen molar-refractivity contribution < 1.29 is 14.6 Å². The third-order valence-electron chi connectivity index (χ3n) is 4.71. The molecule has 0 radical (unpaired) electrons. The number of aliphatic hydroxyl groups excluding tert-OH is 1. The maximum absolute atomic E-state index is 12.3. The van der Waals surface area contributed by atoms with E-state index < -0.39 is 11.7 Å². The number of aliphatic imine (C=N–C) groups is 1. The zero-order chi connectivity index (χ0) is 21.3. The predicted molar refractivity (Wildman–Crippen MR) is 131 cm³/mol. The smallest absolute Gasteiger partial charge is 0.408 e. The van der Waals surface area contributed by atoms with Gasteiger partial charge in [-0.15, -0.1) is 24.0 Å². The number of nitrogens with one attached hydrogen (secondary N) is 3. The fourth-order valence-corrected chi connectivity index (χ4v) is 3.29. The molecule has 1 saturated carbocycles. The third kappa shape index (κ3) is 9.97. The van der Waals surface area contributed by atoms with E-state index in [4.69, 9.17) is 9.73 Å². The lowest BCUT2D eigenvalue weighted by atomic mass is 9.93. The largest absolute Gasteiger partial charge is 0.444 e. The third-order valence-corrected chi connectivity index (χ3v) is 4.71. The summed E-state index contributed by atoms with van der Waals surface area (Å²) < 4.78 is 5.42. The molecule has 30 heavy (non-hydrogen) atoms. The standard InChI is InChI=1S/C22H36N4O3.HI/c1-5-23-20(25-17-11-13-18(27)14-12-17)24-15-19(16-9-7-6-8-10-16)26-21(28)29-22(2,3)4;/h6-10,17-19,27H,5,11-15H2,1-4H3,(H,26,28)(H2,23,24,25);1H. The molecule has 1 aromatic rings. The zero-order valence-electron chi connectivity index (χ0n) is 18.5. The van der Waals surface area contributed by atoms with E-state index in [1.54, 1.807) is 0 Å². The number of ether oxygens (including phenoxy) is 1. The minimum atomic E-state index is -0.559. The summed E-state index contributed by atoms with van der Waals surface area (Å²) in [6.45, 7) is 8.68. The van der Waals surface area contributed by atoms with Crippen LogP contribution in [0.4, 0.5) is 4.79 Å². The van der Waals surface area contributed by atoms with Gasteiger partial charge in [0.1, 0.15) is 5.60 Å². The Balaban J connectivity index is 0.00000450. The molecule has 0 spiro atoms. The summed E-state index contributed by atoms with van der Waals surface area (Å²) in [4.78, 5) is 17.0. The van der Waals surface area contributed by atoms with Crippen LogP contribution in [-0.4, -0.2) is 48.0 Å². The lowest BCUT2D eigenvalue weighted by Gasteiger charge is -2.28. The lowest BCUT2D eigenvalue weighted by Crippen LogP contribution is -2.45. The predicted octanol–water partition coefficient (Wildman–Crippen LogP) is 3.73. The second kappa shape index (κ2) is 13.0. The molecule has 1 aliphatic rings.